The average Bonchev–Trinajstić information content (AvgIpc) is 3.47. The topological polar surface area (TPSA) is 70.1 Å². The third-order valence-electron chi connectivity index (χ3n) is 5.05. The van der Waals surface area contributed by atoms with Crippen LogP contribution < -0.4 is 4.90 Å². The lowest BCUT2D eigenvalue weighted by Crippen LogP contribution is -2.51. The van der Waals surface area contributed by atoms with Crippen molar-refractivity contribution in [3.63, 3.8) is 0 Å². The number of amides is 2. The highest BCUT2D eigenvalue weighted by atomic mass is 16.3. The van der Waals surface area contributed by atoms with E-state index >= 15 is 0 Å². The molecule has 1 aliphatic heterocycles. The van der Waals surface area contributed by atoms with Crippen molar-refractivity contribution in [2.45, 2.75) is 6.54 Å². The summed E-state index contributed by atoms with van der Waals surface area (Å²) < 4.78 is 10.4. The molecular weight excluding hydrogens is 370 g/mol. The van der Waals surface area contributed by atoms with Gasteiger partial charge in [-0.2, -0.15) is 0 Å². The molecule has 7 heteroatoms. The summed E-state index contributed by atoms with van der Waals surface area (Å²) in [6, 6.07) is 14.9. The Morgan fingerprint density at radius 2 is 1.72 bits per heavy atom. The molecule has 1 saturated heterocycles. The zero-order chi connectivity index (χ0) is 20.1. The van der Waals surface area contributed by atoms with Crippen LogP contribution in [0.3, 0.4) is 0 Å². The van der Waals surface area contributed by atoms with Crippen LogP contribution in [0.4, 0.5) is 5.69 Å². The van der Waals surface area contributed by atoms with E-state index in [1.54, 1.807) is 22.1 Å². The highest BCUT2D eigenvalue weighted by molar-refractivity contribution is 5.95. The van der Waals surface area contributed by atoms with Crippen LogP contribution in [0.5, 0.6) is 0 Å². The number of nitrogens with zero attached hydrogens (tertiary/aromatic N) is 3. The quantitative estimate of drug-likeness (QED) is 0.644. The molecule has 7 nitrogen and oxygen atoms in total. The van der Waals surface area contributed by atoms with Crippen LogP contribution in [0.15, 0.2) is 76.2 Å². The normalized spacial score (nSPS) is 14.7. The Balaban J connectivity index is 1.37. The predicted octanol–water partition coefficient (Wildman–Crippen LogP) is 2.86. The molecule has 0 radical (unpaired) electrons. The van der Waals surface area contributed by atoms with Crippen molar-refractivity contribution in [3.8, 4) is 0 Å². The van der Waals surface area contributed by atoms with E-state index < -0.39 is 0 Å². The van der Waals surface area contributed by atoms with Gasteiger partial charge in [0.1, 0.15) is 12.0 Å². The van der Waals surface area contributed by atoms with Crippen LogP contribution in [0.2, 0.25) is 0 Å². The molecular formula is C22H23N3O4. The monoisotopic (exact) mass is 393 g/mol. The number of hydrogen-bond acceptors (Lipinski definition) is 5. The highest BCUT2D eigenvalue weighted by Crippen LogP contribution is 2.18. The van der Waals surface area contributed by atoms with Crippen LogP contribution in [0.1, 0.15) is 16.1 Å². The second-order valence-corrected chi connectivity index (χ2v) is 6.98. The van der Waals surface area contributed by atoms with Gasteiger partial charge >= 0.3 is 0 Å². The fourth-order valence-corrected chi connectivity index (χ4v) is 3.44. The molecule has 0 N–H and O–H groups in total. The molecule has 2 amide bonds. The van der Waals surface area contributed by atoms with Crippen LogP contribution in [0.25, 0.3) is 0 Å². The highest BCUT2D eigenvalue weighted by Gasteiger charge is 2.26. The SMILES string of the molecule is O=C(c1ccoc1)N1CCN(CC(=O)N(Cc2ccco2)c2ccccc2)CC1. The largest absolute Gasteiger partial charge is 0.472 e. The van der Waals surface area contributed by atoms with Crippen molar-refractivity contribution < 1.29 is 18.4 Å². The van der Waals surface area contributed by atoms with Crippen molar-refractivity contribution in [2.24, 2.45) is 0 Å². The molecule has 2 aromatic heterocycles. The first-order chi connectivity index (χ1) is 14.2. The van der Waals surface area contributed by atoms with Gasteiger partial charge in [0.25, 0.3) is 5.91 Å². The van der Waals surface area contributed by atoms with Gasteiger partial charge in [0.2, 0.25) is 5.91 Å². The van der Waals surface area contributed by atoms with Crippen molar-refractivity contribution in [1.29, 1.82) is 0 Å². The maximum Gasteiger partial charge on any atom is 0.257 e. The van der Waals surface area contributed by atoms with Gasteiger partial charge in [-0.05, 0) is 30.3 Å². The number of hydrogen-bond donors (Lipinski definition) is 0. The Labute approximate surface area is 169 Å². The van der Waals surface area contributed by atoms with Gasteiger partial charge in [0.15, 0.2) is 0 Å². The maximum atomic E-state index is 13.1. The smallest absolute Gasteiger partial charge is 0.257 e. The lowest BCUT2D eigenvalue weighted by atomic mass is 10.2. The molecule has 0 spiro atoms. The van der Waals surface area contributed by atoms with Crippen LogP contribution in [-0.4, -0.2) is 54.3 Å². The van der Waals surface area contributed by atoms with Crippen LogP contribution >= 0.6 is 0 Å². The summed E-state index contributed by atoms with van der Waals surface area (Å²) >= 11 is 0. The number of carbonyl (C=O) groups excluding carboxylic acids is 2. The minimum atomic E-state index is -0.0338. The third-order valence-corrected chi connectivity index (χ3v) is 5.05. The van der Waals surface area contributed by atoms with E-state index in [4.69, 9.17) is 8.83 Å². The number of rotatable bonds is 6. The number of carbonyl (C=O) groups is 2. The van der Waals surface area contributed by atoms with Crippen molar-refractivity contribution >= 4 is 17.5 Å². The first-order valence-corrected chi connectivity index (χ1v) is 9.62. The summed E-state index contributed by atoms with van der Waals surface area (Å²) in [6.45, 7) is 3.15. The summed E-state index contributed by atoms with van der Waals surface area (Å²) in [4.78, 5) is 31.1. The molecule has 0 bridgehead atoms. The lowest BCUT2D eigenvalue weighted by molar-refractivity contribution is -0.120. The summed E-state index contributed by atoms with van der Waals surface area (Å²) in [5.74, 6) is 0.702. The zero-order valence-corrected chi connectivity index (χ0v) is 16.1. The van der Waals surface area contributed by atoms with Gasteiger partial charge in [-0.3, -0.25) is 14.5 Å². The van der Waals surface area contributed by atoms with Gasteiger partial charge < -0.3 is 18.6 Å². The number of para-hydroxylation sites is 1. The molecule has 0 unspecified atom stereocenters. The molecule has 1 fully saturated rings. The Hall–Kier alpha value is -3.32. The van der Waals surface area contributed by atoms with Crippen molar-refractivity contribution in [3.05, 3.63) is 78.6 Å². The third kappa shape index (κ3) is 4.57. The first kappa shape index (κ1) is 19.0. The molecule has 4 rings (SSSR count). The molecule has 29 heavy (non-hydrogen) atoms. The standard InChI is InChI=1S/C22H23N3O4/c26-21(25(15-20-7-4-13-29-20)19-5-2-1-3-6-19)16-23-9-11-24(12-10-23)22(27)18-8-14-28-17-18/h1-8,13-14,17H,9-12,15-16H2. The van der Waals surface area contributed by atoms with E-state index in [-0.39, 0.29) is 11.8 Å². The van der Waals surface area contributed by atoms with E-state index in [1.807, 2.05) is 42.5 Å². The van der Waals surface area contributed by atoms with Crippen molar-refractivity contribution in [1.82, 2.24) is 9.80 Å². The maximum absolute atomic E-state index is 13.1. The number of furan rings is 2. The predicted molar refractivity (Wildman–Crippen MR) is 107 cm³/mol. The lowest BCUT2D eigenvalue weighted by Gasteiger charge is -2.35. The van der Waals surface area contributed by atoms with Gasteiger partial charge in [-0.15, -0.1) is 0 Å². The Morgan fingerprint density at radius 3 is 2.38 bits per heavy atom. The van der Waals surface area contributed by atoms with Gasteiger partial charge in [-0.25, -0.2) is 0 Å². The molecule has 0 saturated carbocycles. The summed E-state index contributed by atoms with van der Waals surface area (Å²) in [7, 11) is 0. The number of piperazine rings is 1. The number of benzene rings is 1. The summed E-state index contributed by atoms with van der Waals surface area (Å²) in [5.41, 5.74) is 1.39. The van der Waals surface area contributed by atoms with Gasteiger partial charge in [0, 0.05) is 31.9 Å². The van der Waals surface area contributed by atoms with Crippen LogP contribution in [-0.2, 0) is 11.3 Å². The minimum Gasteiger partial charge on any atom is -0.472 e. The fourth-order valence-electron chi connectivity index (χ4n) is 3.44. The second kappa shape index (κ2) is 8.79. The molecule has 1 aromatic carbocycles. The summed E-state index contributed by atoms with van der Waals surface area (Å²) in [5, 5.41) is 0. The molecule has 1 aliphatic rings. The minimum absolute atomic E-state index is 0.00205. The van der Waals surface area contributed by atoms with Crippen LogP contribution in [0, 0.1) is 0 Å². The van der Waals surface area contributed by atoms with E-state index in [0.717, 1.165) is 11.4 Å². The van der Waals surface area contributed by atoms with E-state index in [2.05, 4.69) is 4.90 Å². The molecule has 150 valence electrons. The van der Waals surface area contributed by atoms with E-state index in [0.29, 0.717) is 44.8 Å². The van der Waals surface area contributed by atoms with E-state index in [9.17, 15) is 9.59 Å². The first-order valence-electron chi connectivity index (χ1n) is 9.62. The molecule has 3 aromatic rings. The zero-order valence-electron chi connectivity index (χ0n) is 16.1. The molecule has 0 atom stereocenters. The second-order valence-electron chi connectivity index (χ2n) is 6.98. The van der Waals surface area contributed by atoms with Gasteiger partial charge in [0.05, 0.1) is 31.2 Å². The van der Waals surface area contributed by atoms with Crippen molar-refractivity contribution in [2.75, 3.05) is 37.6 Å². The Morgan fingerprint density at radius 1 is 0.931 bits per heavy atom. The molecule has 3 heterocycles. The fraction of sp³-hybridized carbons (Fsp3) is 0.273. The number of anilines is 1. The van der Waals surface area contributed by atoms with E-state index in [1.165, 1.54) is 12.5 Å². The van der Waals surface area contributed by atoms with Gasteiger partial charge in [-0.1, -0.05) is 18.2 Å². The molecule has 0 aliphatic carbocycles. The summed E-state index contributed by atoms with van der Waals surface area (Å²) in [6.07, 6.45) is 4.57. The Bertz CT molecular complexity index is 914. The average molecular weight is 393 g/mol. The Kier molecular flexibility index (Phi) is 5.76.